The Hall–Kier alpha value is -3.10. The van der Waals surface area contributed by atoms with E-state index >= 15 is 0 Å². The quantitative estimate of drug-likeness (QED) is 0.246. The van der Waals surface area contributed by atoms with Crippen LogP contribution in [0.2, 0.25) is 0 Å². The maximum atomic E-state index is 12.4. The molecule has 8 heteroatoms. The summed E-state index contributed by atoms with van der Waals surface area (Å²) in [4.78, 5) is 16.6. The van der Waals surface area contributed by atoms with Gasteiger partial charge in [-0.3, -0.25) is 4.79 Å². The molecule has 4 rings (SSSR count). The van der Waals surface area contributed by atoms with E-state index in [9.17, 15) is 9.90 Å². The lowest BCUT2D eigenvalue weighted by molar-refractivity contribution is -0.118. The van der Waals surface area contributed by atoms with Crippen molar-refractivity contribution in [1.82, 2.24) is 0 Å². The van der Waals surface area contributed by atoms with Gasteiger partial charge in [-0.05, 0) is 105 Å². The molecule has 1 amide bonds. The lowest BCUT2D eigenvalue weighted by atomic mass is 9.74. The van der Waals surface area contributed by atoms with Crippen molar-refractivity contribution >= 4 is 12.1 Å². The Balaban J connectivity index is 1.30. The third-order valence-corrected chi connectivity index (χ3v) is 7.79. The van der Waals surface area contributed by atoms with Crippen LogP contribution in [0.25, 0.3) is 0 Å². The van der Waals surface area contributed by atoms with Gasteiger partial charge in [0.1, 0.15) is 24.7 Å². The van der Waals surface area contributed by atoms with Crippen molar-refractivity contribution in [1.29, 1.82) is 0 Å². The predicted octanol–water partition coefficient (Wildman–Crippen LogP) is 5.68. The van der Waals surface area contributed by atoms with Gasteiger partial charge in [-0.1, -0.05) is 13.0 Å². The summed E-state index contributed by atoms with van der Waals surface area (Å²) in [5.74, 6) is 3.83. The molecule has 0 bridgehead atoms. The van der Waals surface area contributed by atoms with E-state index in [1.807, 2.05) is 30.3 Å². The van der Waals surface area contributed by atoms with Gasteiger partial charge in [0.2, 0.25) is 5.91 Å². The van der Waals surface area contributed by atoms with Crippen LogP contribution >= 0.6 is 0 Å². The van der Waals surface area contributed by atoms with Gasteiger partial charge in [-0.25, -0.2) is 4.99 Å². The average Bonchev–Trinajstić information content (AvgIpc) is 2.97. The molecule has 1 fully saturated rings. The predicted molar refractivity (Wildman–Crippen MR) is 158 cm³/mol. The number of aliphatic hydroxyl groups is 1. The first-order chi connectivity index (χ1) is 20.1. The second kappa shape index (κ2) is 16.4. The number of nitrogens with zero attached hydrogens (tertiary/aromatic N) is 1. The number of aliphatic imine (C=N–C) groups is 1. The Morgan fingerprint density at radius 1 is 1.05 bits per heavy atom. The van der Waals surface area contributed by atoms with E-state index in [1.54, 1.807) is 13.3 Å². The Morgan fingerprint density at radius 2 is 1.80 bits per heavy atom. The van der Waals surface area contributed by atoms with Crippen LogP contribution in [-0.4, -0.2) is 63.5 Å². The second-order valence-corrected chi connectivity index (χ2v) is 11.1. The highest BCUT2D eigenvalue weighted by Gasteiger charge is 2.32. The summed E-state index contributed by atoms with van der Waals surface area (Å²) >= 11 is 0. The number of ether oxygens (including phenoxy) is 5. The number of carbonyl (C=O) groups excluding carboxylic acids is 1. The largest absolute Gasteiger partial charge is 0.497 e. The molecule has 1 aliphatic heterocycles. The molecule has 41 heavy (non-hydrogen) atoms. The van der Waals surface area contributed by atoms with E-state index in [0.717, 1.165) is 67.9 Å². The molecule has 0 aromatic heterocycles. The number of rotatable bonds is 17. The molecule has 1 heterocycles. The summed E-state index contributed by atoms with van der Waals surface area (Å²) < 4.78 is 28.2. The van der Waals surface area contributed by atoms with Crippen molar-refractivity contribution in [3.8, 4) is 23.0 Å². The van der Waals surface area contributed by atoms with Crippen LogP contribution in [0.5, 0.6) is 23.0 Å². The van der Waals surface area contributed by atoms with Crippen LogP contribution < -0.4 is 18.9 Å². The van der Waals surface area contributed by atoms with E-state index in [2.05, 4.69) is 24.0 Å². The van der Waals surface area contributed by atoms with E-state index in [0.29, 0.717) is 37.4 Å². The number of methoxy groups -OCH3 is 1. The highest BCUT2D eigenvalue weighted by Crippen LogP contribution is 2.38. The van der Waals surface area contributed by atoms with Crippen molar-refractivity contribution in [3.63, 3.8) is 0 Å². The summed E-state index contributed by atoms with van der Waals surface area (Å²) in [6.45, 7) is 4.49. The maximum absolute atomic E-state index is 12.4. The number of fused-ring (bicyclic) bond motifs is 1. The molecule has 1 N–H and O–H groups in total. The topological polar surface area (TPSA) is 95.8 Å². The Bertz CT molecular complexity index is 1100. The van der Waals surface area contributed by atoms with E-state index < -0.39 is 0 Å². The van der Waals surface area contributed by atoms with Gasteiger partial charge < -0.3 is 28.8 Å². The Labute approximate surface area is 244 Å². The standard InChI is InChI=1S/C33H45NO7/c1-3-13-38-30-20-26(21-30)19-27(23-35)18-25(17-24-4-9-31-32(22-24)41-16-15-40-31)10-12-34-33(36)11-14-39-29-7-5-28(37-2)6-8-29/h4-9,12,22,25-27,30,35H,3,10-11,13-21,23H2,1-2H3. The summed E-state index contributed by atoms with van der Waals surface area (Å²) in [6, 6.07) is 13.4. The highest BCUT2D eigenvalue weighted by molar-refractivity contribution is 5.85. The van der Waals surface area contributed by atoms with Crippen molar-refractivity contribution in [3.05, 3.63) is 48.0 Å². The van der Waals surface area contributed by atoms with Gasteiger partial charge in [0.15, 0.2) is 11.5 Å². The molecule has 2 atom stereocenters. The second-order valence-electron chi connectivity index (χ2n) is 11.1. The minimum absolute atomic E-state index is 0.160. The molecule has 0 saturated heterocycles. The van der Waals surface area contributed by atoms with Crippen molar-refractivity contribution in [2.75, 3.05) is 40.1 Å². The molecule has 1 saturated carbocycles. The first-order valence-electron chi connectivity index (χ1n) is 15.0. The number of carbonyl (C=O) groups is 1. The Kier molecular flexibility index (Phi) is 12.3. The highest BCUT2D eigenvalue weighted by atomic mass is 16.6. The zero-order valence-electron chi connectivity index (χ0n) is 24.5. The fourth-order valence-corrected chi connectivity index (χ4v) is 5.58. The first kappa shape index (κ1) is 30.8. The Morgan fingerprint density at radius 3 is 2.54 bits per heavy atom. The monoisotopic (exact) mass is 567 g/mol. The SMILES string of the molecule is CCCOC1CC(CC(CO)CC(CC=NC(=O)CCOc2ccc(OC)cc2)Cc2ccc3c(c2)OCCO3)C1. The molecular weight excluding hydrogens is 522 g/mol. The third-order valence-electron chi connectivity index (χ3n) is 7.79. The molecule has 1 aliphatic carbocycles. The number of amides is 1. The van der Waals surface area contributed by atoms with Gasteiger partial charge in [0.25, 0.3) is 0 Å². The number of hydrogen-bond acceptors (Lipinski definition) is 7. The van der Waals surface area contributed by atoms with Crippen molar-refractivity contribution < 1.29 is 33.6 Å². The minimum Gasteiger partial charge on any atom is -0.497 e. The number of hydrogen-bond donors (Lipinski definition) is 1. The van der Waals surface area contributed by atoms with Crippen molar-refractivity contribution in [2.24, 2.45) is 22.7 Å². The first-order valence-corrected chi connectivity index (χ1v) is 15.0. The van der Waals surface area contributed by atoms with Gasteiger partial charge in [0, 0.05) is 19.4 Å². The molecule has 8 nitrogen and oxygen atoms in total. The van der Waals surface area contributed by atoms with Gasteiger partial charge in [0.05, 0.1) is 26.2 Å². The molecule has 0 radical (unpaired) electrons. The van der Waals surface area contributed by atoms with E-state index in [1.165, 1.54) is 0 Å². The molecule has 2 aromatic rings. The maximum Gasteiger partial charge on any atom is 0.248 e. The van der Waals surface area contributed by atoms with Crippen molar-refractivity contribution in [2.45, 2.75) is 64.4 Å². The van der Waals surface area contributed by atoms with Gasteiger partial charge in [-0.15, -0.1) is 0 Å². The minimum atomic E-state index is -0.206. The number of aliphatic hydroxyl groups excluding tert-OH is 1. The number of benzene rings is 2. The fraction of sp³-hybridized carbons (Fsp3) is 0.576. The van der Waals surface area contributed by atoms with Crippen LogP contribution in [0.15, 0.2) is 47.5 Å². The molecule has 2 aromatic carbocycles. The molecule has 2 aliphatic rings. The third kappa shape index (κ3) is 10.0. The summed E-state index contributed by atoms with van der Waals surface area (Å²) in [5, 5.41) is 10.2. The lowest BCUT2D eigenvalue weighted by Gasteiger charge is -2.37. The average molecular weight is 568 g/mol. The smallest absolute Gasteiger partial charge is 0.248 e. The van der Waals surface area contributed by atoms with Gasteiger partial charge in [-0.2, -0.15) is 0 Å². The zero-order chi connectivity index (χ0) is 28.9. The molecule has 2 unspecified atom stereocenters. The lowest BCUT2D eigenvalue weighted by Crippen LogP contribution is -2.33. The molecule has 224 valence electrons. The fourth-order valence-electron chi connectivity index (χ4n) is 5.58. The van der Waals surface area contributed by atoms with Crippen LogP contribution in [-0.2, 0) is 16.0 Å². The normalized spacial score (nSPS) is 19.4. The van der Waals surface area contributed by atoms with Gasteiger partial charge >= 0.3 is 0 Å². The van der Waals surface area contributed by atoms with Crippen LogP contribution in [0.4, 0.5) is 0 Å². The van der Waals surface area contributed by atoms with Crippen LogP contribution in [0, 0.1) is 17.8 Å². The van der Waals surface area contributed by atoms with Crippen LogP contribution in [0.1, 0.15) is 57.4 Å². The molecular formula is C33H45NO7. The summed E-state index contributed by atoms with van der Waals surface area (Å²) in [7, 11) is 1.62. The summed E-state index contributed by atoms with van der Waals surface area (Å²) in [6.07, 6.45) is 8.85. The summed E-state index contributed by atoms with van der Waals surface area (Å²) in [5.41, 5.74) is 1.15. The van der Waals surface area contributed by atoms with E-state index in [4.69, 9.17) is 23.7 Å². The van der Waals surface area contributed by atoms with Crippen LogP contribution in [0.3, 0.4) is 0 Å². The van der Waals surface area contributed by atoms with E-state index in [-0.39, 0.29) is 37.4 Å². The zero-order valence-corrected chi connectivity index (χ0v) is 24.5. The molecule has 0 spiro atoms.